The van der Waals surface area contributed by atoms with Crippen LogP contribution in [-0.2, 0) is 0 Å². The van der Waals surface area contributed by atoms with E-state index in [2.05, 4.69) is 31.1 Å². The number of nitrogens with one attached hydrogen (secondary N) is 1. The molecule has 0 aliphatic heterocycles. The van der Waals surface area contributed by atoms with Crippen LogP contribution in [0.2, 0.25) is 0 Å². The van der Waals surface area contributed by atoms with Gasteiger partial charge in [-0.25, -0.2) is 4.98 Å². The lowest BCUT2D eigenvalue weighted by Gasteiger charge is -2.37. The van der Waals surface area contributed by atoms with Crippen molar-refractivity contribution in [3.63, 3.8) is 0 Å². The minimum Gasteiger partial charge on any atom is -0.349 e. The van der Waals surface area contributed by atoms with E-state index < -0.39 is 5.95 Å². The molecule has 1 N–H and O–H groups in total. The zero-order valence-electron chi connectivity index (χ0n) is 12.4. The van der Waals surface area contributed by atoms with Gasteiger partial charge in [-0.2, -0.15) is 4.39 Å². The van der Waals surface area contributed by atoms with Crippen molar-refractivity contribution >= 4 is 5.91 Å². The maximum absolute atomic E-state index is 13.6. The first-order chi connectivity index (χ1) is 9.49. The monoisotopic (exact) mass is 278 g/mol. The summed E-state index contributed by atoms with van der Waals surface area (Å²) in [7, 11) is 0. The predicted octanol–water partition coefficient (Wildman–Crippen LogP) is 3.41. The quantitative estimate of drug-likeness (QED) is 0.861. The van der Waals surface area contributed by atoms with E-state index in [1.54, 1.807) is 6.07 Å². The van der Waals surface area contributed by atoms with Crippen molar-refractivity contribution < 1.29 is 9.18 Å². The number of nitrogens with zero attached hydrogens (tertiary/aromatic N) is 1. The molecular formula is C16H23FN2O. The second-order valence-corrected chi connectivity index (χ2v) is 6.25. The molecular weight excluding hydrogens is 255 g/mol. The molecule has 2 rings (SSSR count). The van der Waals surface area contributed by atoms with Crippen molar-refractivity contribution in [1.29, 1.82) is 0 Å². The van der Waals surface area contributed by atoms with E-state index in [1.807, 2.05) is 0 Å². The Balaban J connectivity index is 2.10. The van der Waals surface area contributed by atoms with Gasteiger partial charge < -0.3 is 5.32 Å². The van der Waals surface area contributed by atoms with E-state index in [-0.39, 0.29) is 17.5 Å². The summed E-state index contributed by atoms with van der Waals surface area (Å²) in [5, 5.41) is 3.02. The number of carbonyl (C=O) groups excluding carboxylic acids is 1. The van der Waals surface area contributed by atoms with Gasteiger partial charge in [-0.15, -0.1) is 0 Å². The highest BCUT2D eigenvalue weighted by Gasteiger charge is 2.32. The molecule has 1 amide bonds. The number of hydrogen-bond acceptors (Lipinski definition) is 2. The number of halogens is 1. The van der Waals surface area contributed by atoms with Gasteiger partial charge in [0.05, 0.1) is 5.56 Å². The predicted molar refractivity (Wildman–Crippen MR) is 76.8 cm³/mol. The molecule has 3 atom stereocenters. The molecule has 0 spiro atoms. The van der Waals surface area contributed by atoms with Crippen LogP contribution in [0.3, 0.4) is 0 Å². The van der Waals surface area contributed by atoms with E-state index in [9.17, 15) is 9.18 Å². The van der Waals surface area contributed by atoms with Crippen LogP contribution in [0.25, 0.3) is 0 Å². The molecule has 0 bridgehead atoms. The molecule has 0 aromatic carbocycles. The highest BCUT2D eigenvalue weighted by Crippen LogP contribution is 2.33. The van der Waals surface area contributed by atoms with Crippen LogP contribution in [0.15, 0.2) is 18.3 Å². The normalized spacial score (nSPS) is 26.6. The Bertz CT molecular complexity index is 475. The van der Waals surface area contributed by atoms with Gasteiger partial charge >= 0.3 is 0 Å². The van der Waals surface area contributed by atoms with Crippen molar-refractivity contribution in [2.45, 2.75) is 46.1 Å². The first kappa shape index (κ1) is 14.9. The standard InChI is InChI=1S/C16H23FN2O/c1-10(2)12-7-6-11(3)9-14(12)19-16(20)13-5-4-8-18-15(13)17/h4-5,8,10-12,14H,6-7,9H2,1-3H3,(H,19,20). The maximum atomic E-state index is 13.6. The maximum Gasteiger partial charge on any atom is 0.256 e. The lowest BCUT2D eigenvalue weighted by molar-refractivity contribution is 0.0863. The summed E-state index contributed by atoms with van der Waals surface area (Å²) in [6, 6.07) is 3.20. The van der Waals surface area contributed by atoms with Crippen LogP contribution in [0.4, 0.5) is 4.39 Å². The number of amides is 1. The largest absolute Gasteiger partial charge is 0.349 e. The highest BCUT2D eigenvalue weighted by atomic mass is 19.1. The molecule has 110 valence electrons. The van der Waals surface area contributed by atoms with E-state index in [4.69, 9.17) is 0 Å². The second kappa shape index (κ2) is 6.33. The average Bonchev–Trinajstić information content (AvgIpc) is 2.38. The molecule has 1 saturated carbocycles. The molecule has 1 aromatic rings. The topological polar surface area (TPSA) is 42.0 Å². The third-order valence-corrected chi connectivity index (χ3v) is 4.34. The van der Waals surface area contributed by atoms with Gasteiger partial charge in [0.15, 0.2) is 0 Å². The van der Waals surface area contributed by atoms with Crippen LogP contribution in [-0.4, -0.2) is 16.9 Å². The fraction of sp³-hybridized carbons (Fsp3) is 0.625. The second-order valence-electron chi connectivity index (χ2n) is 6.25. The molecule has 1 aromatic heterocycles. The van der Waals surface area contributed by atoms with Gasteiger partial charge in [0.1, 0.15) is 0 Å². The van der Waals surface area contributed by atoms with Gasteiger partial charge in [-0.1, -0.05) is 27.2 Å². The van der Waals surface area contributed by atoms with Crippen LogP contribution in [0.5, 0.6) is 0 Å². The number of pyridine rings is 1. The smallest absolute Gasteiger partial charge is 0.256 e. The molecule has 1 fully saturated rings. The molecule has 3 nitrogen and oxygen atoms in total. The summed E-state index contributed by atoms with van der Waals surface area (Å²) >= 11 is 0. The molecule has 1 aliphatic carbocycles. The van der Waals surface area contributed by atoms with Crippen LogP contribution >= 0.6 is 0 Å². The molecule has 3 unspecified atom stereocenters. The lowest BCUT2D eigenvalue weighted by atomic mass is 9.74. The number of aromatic nitrogens is 1. The van der Waals surface area contributed by atoms with Gasteiger partial charge in [0.25, 0.3) is 5.91 Å². The molecule has 1 heterocycles. The van der Waals surface area contributed by atoms with Crippen molar-refractivity contribution in [2.24, 2.45) is 17.8 Å². The molecule has 20 heavy (non-hydrogen) atoms. The Morgan fingerprint density at radius 2 is 2.20 bits per heavy atom. The highest BCUT2D eigenvalue weighted by molar-refractivity contribution is 5.94. The minimum absolute atomic E-state index is 0.0354. The average molecular weight is 278 g/mol. The fourth-order valence-electron chi connectivity index (χ4n) is 3.17. The summed E-state index contributed by atoms with van der Waals surface area (Å²) in [6.07, 6.45) is 4.65. The first-order valence-corrected chi connectivity index (χ1v) is 7.40. The van der Waals surface area contributed by atoms with Crippen molar-refractivity contribution in [3.05, 3.63) is 29.8 Å². The molecule has 4 heteroatoms. The summed E-state index contributed by atoms with van der Waals surface area (Å²) in [6.45, 7) is 6.58. The Hall–Kier alpha value is -1.45. The minimum atomic E-state index is -0.699. The fourth-order valence-corrected chi connectivity index (χ4v) is 3.17. The molecule has 1 aliphatic rings. The summed E-state index contributed by atoms with van der Waals surface area (Å²) < 4.78 is 13.6. The van der Waals surface area contributed by atoms with Crippen LogP contribution in [0.1, 0.15) is 50.4 Å². The van der Waals surface area contributed by atoms with E-state index in [1.165, 1.54) is 18.7 Å². The van der Waals surface area contributed by atoms with Crippen LogP contribution < -0.4 is 5.32 Å². The third kappa shape index (κ3) is 3.35. The summed E-state index contributed by atoms with van der Waals surface area (Å²) in [4.78, 5) is 15.8. The van der Waals surface area contributed by atoms with Crippen molar-refractivity contribution in [1.82, 2.24) is 10.3 Å². The summed E-state index contributed by atoms with van der Waals surface area (Å²) in [5.41, 5.74) is 0.0354. The third-order valence-electron chi connectivity index (χ3n) is 4.34. The number of rotatable bonds is 3. The molecule has 0 radical (unpaired) electrons. The van der Waals surface area contributed by atoms with Gasteiger partial charge in [-0.3, -0.25) is 4.79 Å². The Kier molecular flexibility index (Phi) is 4.73. The van der Waals surface area contributed by atoms with Crippen LogP contribution in [0, 0.1) is 23.7 Å². The van der Waals surface area contributed by atoms with Gasteiger partial charge in [0, 0.05) is 12.2 Å². The van der Waals surface area contributed by atoms with Crippen molar-refractivity contribution in [2.75, 3.05) is 0 Å². The van der Waals surface area contributed by atoms with E-state index in [0.29, 0.717) is 17.8 Å². The van der Waals surface area contributed by atoms with Crippen molar-refractivity contribution in [3.8, 4) is 0 Å². The Labute approximate surface area is 120 Å². The number of hydrogen-bond donors (Lipinski definition) is 1. The van der Waals surface area contributed by atoms with Gasteiger partial charge in [-0.05, 0) is 42.7 Å². The lowest BCUT2D eigenvalue weighted by Crippen LogP contribution is -2.45. The first-order valence-electron chi connectivity index (χ1n) is 7.40. The van der Waals surface area contributed by atoms with E-state index in [0.717, 1.165) is 12.8 Å². The zero-order valence-corrected chi connectivity index (χ0v) is 12.4. The summed E-state index contributed by atoms with van der Waals surface area (Å²) in [5.74, 6) is 0.547. The van der Waals surface area contributed by atoms with E-state index >= 15 is 0 Å². The van der Waals surface area contributed by atoms with Gasteiger partial charge in [0.2, 0.25) is 5.95 Å². The Morgan fingerprint density at radius 1 is 1.45 bits per heavy atom. The molecule has 0 saturated heterocycles. The number of carbonyl (C=O) groups is 1. The SMILES string of the molecule is CC1CCC(C(C)C)C(NC(=O)c2cccnc2F)C1. The zero-order chi connectivity index (χ0) is 14.7. The Morgan fingerprint density at radius 3 is 2.85 bits per heavy atom.